The van der Waals surface area contributed by atoms with Crippen molar-refractivity contribution in [2.45, 2.75) is 0 Å². The number of aromatic nitrogens is 1. The van der Waals surface area contributed by atoms with Crippen LogP contribution in [0.2, 0.25) is 0 Å². The van der Waals surface area contributed by atoms with Gasteiger partial charge in [-0.25, -0.2) is 9.37 Å². The topological polar surface area (TPSA) is 46.3 Å². The molecule has 4 rings (SSSR count). The van der Waals surface area contributed by atoms with Gasteiger partial charge in [-0.05, 0) is 12.1 Å². The lowest BCUT2D eigenvalue weighted by atomic mass is 10.2. The van der Waals surface area contributed by atoms with Crippen LogP contribution in [-0.2, 0) is 4.57 Å². The highest BCUT2D eigenvalue weighted by molar-refractivity contribution is 7.85. The van der Waals surface area contributed by atoms with Crippen molar-refractivity contribution in [2.24, 2.45) is 0 Å². The fraction of sp³-hybridized carbons (Fsp3) is 0.0870. The molecule has 6 heteroatoms. The lowest BCUT2D eigenvalue weighted by Crippen LogP contribution is -2.29. The Morgan fingerprint density at radius 2 is 1.34 bits per heavy atom. The summed E-state index contributed by atoms with van der Waals surface area (Å²) in [5.41, 5.74) is 0.535. The molecule has 0 radical (unpaired) electrons. The zero-order valence-corrected chi connectivity index (χ0v) is 17.0. The van der Waals surface area contributed by atoms with Crippen molar-refractivity contribution in [1.82, 2.24) is 4.98 Å². The number of rotatable bonds is 5. The minimum absolute atomic E-state index is 0.105. The van der Waals surface area contributed by atoms with Crippen LogP contribution in [0.5, 0.6) is 0 Å². The first-order chi connectivity index (χ1) is 14.0. The maximum atomic E-state index is 14.6. The average Bonchev–Trinajstić information content (AvgIpc) is 3.21. The molecule has 0 N–H and O–H groups in total. The largest absolute Gasteiger partial charge is 0.420 e. The number of halogens is 1. The van der Waals surface area contributed by atoms with Crippen LogP contribution in [0.1, 0.15) is 0 Å². The molecule has 0 aliphatic rings. The molecule has 3 aromatic carbocycles. The Morgan fingerprint density at radius 1 is 0.828 bits per heavy atom. The fourth-order valence-electron chi connectivity index (χ4n) is 3.22. The third-order valence-electron chi connectivity index (χ3n) is 4.64. The number of nitrogens with zero attached hydrogens (tertiary/aromatic N) is 2. The maximum absolute atomic E-state index is 14.6. The maximum Gasteiger partial charge on any atom is 0.232 e. The summed E-state index contributed by atoms with van der Waals surface area (Å²) in [6, 6.07) is 24.7. The van der Waals surface area contributed by atoms with Crippen LogP contribution in [0.4, 0.5) is 10.3 Å². The average molecular weight is 406 g/mol. The quantitative estimate of drug-likeness (QED) is 0.467. The van der Waals surface area contributed by atoms with E-state index in [9.17, 15) is 8.96 Å². The number of hydrogen-bond donors (Lipinski definition) is 0. The van der Waals surface area contributed by atoms with Gasteiger partial charge in [0, 0.05) is 24.7 Å². The lowest BCUT2D eigenvalue weighted by Gasteiger charge is -2.20. The monoisotopic (exact) mass is 406 g/mol. The Bertz CT molecular complexity index is 1130. The predicted octanol–water partition coefficient (Wildman–Crippen LogP) is 4.19. The Balaban J connectivity index is 2.01. The number of benzene rings is 3. The van der Waals surface area contributed by atoms with Crippen molar-refractivity contribution in [3.8, 4) is 11.5 Å². The summed E-state index contributed by atoms with van der Waals surface area (Å²) in [4.78, 5) is 6.29. The highest BCUT2D eigenvalue weighted by Gasteiger charge is 2.37. The summed E-state index contributed by atoms with van der Waals surface area (Å²) >= 11 is 0. The van der Waals surface area contributed by atoms with Gasteiger partial charge in [0.2, 0.25) is 11.8 Å². The van der Waals surface area contributed by atoms with E-state index in [1.54, 1.807) is 37.2 Å². The number of oxazole rings is 1. The molecular formula is C23H20FN2O2P. The van der Waals surface area contributed by atoms with Crippen molar-refractivity contribution >= 4 is 29.1 Å². The smallest absolute Gasteiger partial charge is 0.232 e. The lowest BCUT2D eigenvalue weighted by molar-refractivity contribution is 0.561. The summed E-state index contributed by atoms with van der Waals surface area (Å²) in [5.74, 6) is 0.00744. The molecule has 146 valence electrons. The third kappa shape index (κ3) is 3.39. The Morgan fingerprint density at radius 3 is 1.86 bits per heavy atom. The van der Waals surface area contributed by atoms with Crippen LogP contribution in [0.3, 0.4) is 0 Å². The molecule has 1 aromatic heterocycles. The van der Waals surface area contributed by atoms with E-state index >= 15 is 0 Å². The van der Waals surface area contributed by atoms with E-state index in [0.29, 0.717) is 21.9 Å². The summed E-state index contributed by atoms with van der Waals surface area (Å²) in [7, 11) is 0.223. The Hall–Kier alpha value is -3.17. The minimum Gasteiger partial charge on any atom is -0.420 e. The van der Waals surface area contributed by atoms with Crippen molar-refractivity contribution in [3.63, 3.8) is 0 Å². The van der Waals surface area contributed by atoms with E-state index in [1.807, 2.05) is 60.7 Å². The second kappa shape index (κ2) is 7.69. The van der Waals surface area contributed by atoms with E-state index in [-0.39, 0.29) is 11.5 Å². The fourth-order valence-corrected chi connectivity index (χ4v) is 5.94. The molecule has 4 aromatic rings. The third-order valence-corrected chi connectivity index (χ3v) is 7.58. The summed E-state index contributed by atoms with van der Waals surface area (Å²) < 4.78 is 34.9. The van der Waals surface area contributed by atoms with E-state index in [4.69, 9.17) is 4.42 Å². The van der Waals surface area contributed by atoms with Crippen LogP contribution >= 0.6 is 7.14 Å². The van der Waals surface area contributed by atoms with Crippen LogP contribution in [-0.4, -0.2) is 19.1 Å². The van der Waals surface area contributed by atoms with Gasteiger partial charge in [-0.2, -0.15) is 0 Å². The van der Waals surface area contributed by atoms with E-state index < -0.39 is 13.0 Å². The van der Waals surface area contributed by atoms with Crippen molar-refractivity contribution in [1.29, 1.82) is 0 Å². The van der Waals surface area contributed by atoms with Gasteiger partial charge in [-0.1, -0.05) is 72.8 Å². The number of anilines is 1. The van der Waals surface area contributed by atoms with E-state index in [2.05, 4.69) is 4.98 Å². The first kappa shape index (κ1) is 19.2. The second-order valence-electron chi connectivity index (χ2n) is 6.80. The van der Waals surface area contributed by atoms with Gasteiger partial charge in [0.15, 0.2) is 12.6 Å². The SMILES string of the molecule is CN(C)c1oc(-c2ccccc2F)nc1P(=O)(c1ccccc1)c1ccccc1. The molecular weight excluding hydrogens is 386 g/mol. The standard InChI is InChI=1S/C23H20FN2O2P/c1-26(2)23-22(25-21(28-23)19-15-9-10-16-20(19)24)29(27,17-11-5-3-6-12-17)18-13-7-4-8-14-18/h3-16H,1-2H3. The van der Waals surface area contributed by atoms with Crippen molar-refractivity contribution in [3.05, 3.63) is 90.7 Å². The number of hydrogen-bond acceptors (Lipinski definition) is 4. The molecule has 0 aliphatic carbocycles. The van der Waals surface area contributed by atoms with Gasteiger partial charge in [0.25, 0.3) is 0 Å². The van der Waals surface area contributed by atoms with Gasteiger partial charge >= 0.3 is 0 Å². The molecule has 0 saturated heterocycles. The van der Waals surface area contributed by atoms with Crippen molar-refractivity contribution in [2.75, 3.05) is 19.0 Å². The van der Waals surface area contributed by atoms with Crippen LogP contribution in [0.15, 0.2) is 89.3 Å². The minimum atomic E-state index is -3.35. The molecule has 0 bridgehead atoms. The zero-order valence-electron chi connectivity index (χ0n) is 16.1. The molecule has 0 aliphatic heterocycles. The Labute approximate surface area is 169 Å². The molecule has 0 saturated carbocycles. The summed E-state index contributed by atoms with van der Waals surface area (Å²) in [6.45, 7) is 0. The Kier molecular flexibility index (Phi) is 5.08. The molecule has 0 unspecified atom stereocenters. The van der Waals surface area contributed by atoms with Crippen LogP contribution in [0, 0.1) is 5.82 Å². The first-order valence-corrected chi connectivity index (χ1v) is 10.9. The summed E-state index contributed by atoms with van der Waals surface area (Å²) in [6.07, 6.45) is 0. The van der Waals surface area contributed by atoms with E-state index in [0.717, 1.165) is 0 Å². The highest BCUT2D eigenvalue weighted by atomic mass is 31.2. The second-order valence-corrected chi connectivity index (χ2v) is 9.48. The normalized spacial score (nSPS) is 11.4. The van der Waals surface area contributed by atoms with Crippen LogP contribution < -0.4 is 20.9 Å². The molecule has 1 heterocycles. The molecule has 0 atom stereocenters. The predicted molar refractivity (Wildman–Crippen MR) is 116 cm³/mol. The van der Waals surface area contributed by atoms with Gasteiger partial charge in [0.1, 0.15) is 5.82 Å². The molecule has 0 fully saturated rings. The van der Waals surface area contributed by atoms with Crippen molar-refractivity contribution < 1.29 is 13.4 Å². The molecule has 29 heavy (non-hydrogen) atoms. The van der Waals surface area contributed by atoms with Gasteiger partial charge in [-0.3, -0.25) is 0 Å². The van der Waals surface area contributed by atoms with Gasteiger partial charge in [0.05, 0.1) is 5.56 Å². The first-order valence-electron chi connectivity index (χ1n) is 9.16. The van der Waals surface area contributed by atoms with Gasteiger partial charge in [-0.15, -0.1) is 0 Å². The molecule has 0 amide bonds. The zero-order chi connectivity index (χ0) is 20.4. The van der Waals surface area contributed by atoms with E-state index in [1.165, 1.54) is 6.07 Å². The highest BCUT2D eigenvalue weighted by Crippen LogP contribution is 2.45. The van der Waals surface area contributed by atoms with Gasteiger partial charge < -0.3 is 13.9 Å². The molecule has 0 spiro atoms. The van der Waals surface area contributed by atoms with Crippen LogP contribution in [0.25, 0.3) is 11.5 Å². The molecule has 4 nitrogen and oxygen atoms in total. The summed E-state index contributed by atoms with van der Waals surface area (Å²) in [5, 5.41) is 1.28.